The summed E-state index contributed by atoms with van der Waals surface area (Å²) in [7, 11) is 0. The van der Waals surface area contributed by atoms with Crippen LogP contribution in [0.1, 0.15) is 70.6 Å². The summed E-state index contributed by atoms with van der Waals surface area (Å²) in [6.45, 7) is 1.45. The third-order valence-electron chi connectivity index (χ3n) is 4.89. The minimum atomic E-state index is 0.0763. The molecule has 0 unspecified atom stereocenters. The predicted octanol–water partition coefficient (Wildman–Crippen LogP) is 3.24. The van der Waals surface area contributed by atoms with E-state index >= 15 is 0 Å². The van der Waals surface area contributed by atoms with Crippen LogP contribution in [0.5, 0.6) is 0 Å². The lowest BCUT2D eigenvalue weighted by atomic mass is 9.81. The molecule has 0 aromatic carbocycles. The molecule has 2 aliphatic carbocycles. The lowest BCUT2D eigenvalue weighted by molar-refractivity contribution is 0.118. The first-order chi connectivity index (χ1) is 8.35. The molecule has 0 bridgehead atoms. The molecule has 2 nitrogen and oxygen atoms in total. The Morgan fingerprint density at radius 3 is 2.24 bits per heavy atom. The van der Waals surface area contributed by atoms with Crippen molar-refractivity contribution in [2.45, 2.75) is 76.2 Å². The Morgan fingerprint density at radius 2 is 1.59 bits per heavy atom. The lowest BCUT2D eigenvalue weighted by Gasteiger charge is -2.37. The Labute approximate surface area is 106 Å². The van der Waals surface area contributed by atoms with Crippen molar-refractivity contribution >= 4 is 0 Å². The monoisotopic (exact) mass is 239 g/mol. The molecule has 0 heterocycles. The van der Waals surface area contributed by atoms with Crippen molar-refractivity contribution in [3.63, 3.8) is 0 Å². The van der Waals surface area contributed by atoms with Crippen molar-refractivity contribution in [3.8, 4) is 0 Å². The van der Waals surface area contributed by atoms with E-state index in [-0.39, 0.29) is 5.54 Å². The van der Waals surface area contributed by atoms with Gasteiger partial charge < -0.3 is 10.4 Å². The highest BCUT2D eigenvalue weighted by Crippen LogP contribution is 2.29. The molecule has 0 atom stereocenters. The third kappa shape index (κ3) is 3.96. The molecular weight excluding hydrogens is 210 g/mol. The Hall–Kier alpha value is -0.0800. The second kappa shape index (κ2) is 6.75. The fraction of sp³-hybridized carbons (Fsp3) is 1.00. The smallest absolute Gasteiger partial charge is 0.0613 e. The lowest BCUT2D eigenvalue weighted by Crippen LogP contribution is -2.50. The Morgan fingerprint density at radius 1 is 0.941 bits per heavy atom. The zero-order chi connectivity index (χ0) is 12.0. The van der Waals surface area contributed by atoms with Gasteiger partial charge in [-0.25, -0.2) is 0 Å². The van der Waals surface area contributed by atoms with Crippen LogP contribution in [0, 0.1) is 5.92 Å². The van der Waals surface area contributed by atoms with E-state index in [0.29, 0.717) is 6.61 Å². The standard InChI is InChI=1S/C15H29NO/c17-13-15(10-5-2-6-11-15)16-12-9-14-7-3-1-4-8-14/h14,16-17H,1-13H2. The first-order valence-electron chi connectivity index (χ1n) is 7.71. The van der Waals surface area contributed by atoms with Gasteiger partial charge in [-0.2, -0.15) is 0 Å². The molecule has 2 fully saturated rings. The fourth-order valence-electron chi connectivity index (χ4n) is 3.64. The molecule has 0 aromatic rings. The summed E-state index contributed by atoms with van der Waals surface area (Å²) < 4.78 is 0. The normalized spacial score (nSPS) is 25.9. The highest BCUT2D eigenvalue weighted by Gasteiger charge is 2.30. The van der Waals surface area contributed by atoms with Crippen molar-refractivity contribution in [1.29, 1.82) is 0 Å². The maximum atomic E-state index is 9.62. The summed E-state index contributed by atoms with van der Waals surface area (Å²) in [5.41, 5.74) is 0.0763. The van der Waals surface area contributed by atoms with Gasteiger partial charge in [0.05, 0.1) is 6.61 Å². The van der Waals surface area contributed by atoms with Crippen LogP contribution in [-0.2, 0) is 0 Å². The van der Waals surface area contributed by atoms with Crippen LogP contribution < -0.4 is 5.32 Å². The van der Waals surface area contributed by atoms with Gasteiger partial charge in [0.25, 0.3) is 0 Å². The highest BCUT2D eigenvalue weighted by atomic mass is 16.3. The Kier molecular flexibility index (Phi) is 5.30. The van der Waals surface area contributed by atoms with E-state index in [0.717, 1.165) is 12.5 Å². The molecule has 2 rings (SSSR count). The van der Waals surface area contributed by atoms with Crippen molar-refractivity contribution in [3.05, 3.63) is 0 Å². The second-order valence-electron chi connectivity index (χ2n) is 6.22. The molecular formula is C15H29NO. The summed E-state index contributed by atoms with van der Waals surface area (Å²) in [4.78, 5) is 0. The average Bonchev–Trinajstić information content (AvgIpc) is 2.41. The van der Waals surface area contributed by atoms with Crippen molar-refractivity contribution in [2.75, 3.05) is 13.2 Å². The van der Waals surface area contributed by atoms with E-state index in [1.807, 2.05) is 0 Å². The largest absolute Gasteiger partial charge is 0.394 e. The summed E-state index contributed by atoms with van der Waals surface area (Å²) in [6, 6.07) is 0. The van der Waals surface area contributed by atoms with Crippen molar-refractivity contribution in [1.82, 2.24) is 5.32 Å². The van der Waals surface area contributed by atoms with Crippen LogP contribution in [-0.4, -0.2) is 23.8 Å². The first-order valence-corrected chi connectivity index (χ1v) is 7.71. The highest BCUT2D eigenvalue weighted by molar-refractivity contribution is 4.90. The first kappa shape index (κ1) is 13.4. The van der Waals surface area contributed by atoms with Crippen LogP contribution in [0.2, 0.25) is 0 Å². The average molecular weight is 239 g/mol. The molecule has 0 saturated heterocycles. The van der Waals surface area contributed by atoms with E-state index in [9.17, 15) is 5.11 Å². The van der Waals surface area contributed by atoms with E-state index in [1.165, 1.54) is 70.6 Å². The van der Waals surface area contributed by atoms with Crippen molar-refractivity contribution in [2.24, 2.45) is 5.92 Å². The van der Waals surface area contributed by atoms with Crippen LogP contribution in [0.15, 0.2) is 0 Å². The second-order valence-corrected chi connectivity index (χ2v) is 6.22. The zero-order valence-corrected chi connectivity index (χ0v) is 11.2. The number of rotatable bonds is 5. The number of hydrogen-bond acceptors (Lipinski definition) is 2. The quantitative estimate of drug-likeness (QED) is 0.772. The number of hydrogen-bond donors (Lipinski definition) is 2. The minimum Gasteiger partial charge on any atom is -0.394 e. The Balaban J connectivity index is 1.68. The molecule has 2 N–H and O–H groups in total. The maximum Gasteiger partial charge on any atom is 0.0613 e. The molecule has 0 amide bonds. The van der Waals surface area contributed by atoms with Gasteiger partial charge in [-0.15, -0.1) is 0 Å². The molecule has 2 heteroatoms. The number of aliphatic hydroxyl groups excluding tert-OH is 1. The number of aliphatic hydroxyl groups is 1. The van der Waals surface area contributed by atoms with Crippen LogP contribution in [0.25, 0.3) is 0 Å². The summed E-state index contributed by atoms with van der Waals surface area (Å²) >= 11 is 0. The van der Waals surface area contributed by atoms with Gasteiger partial charge in [0, 0.05) is 5.54 Å². The molecule has 0 aliphatic heterocycles. The van der Waals surface area contributed by atoms with E-state index in [2.05, 4.69) is 5.32 Å². The molecule has 2 saturated carbocycles. The SMILES string of the molecule is OCC1(NCCC2CCCCC2)CCCCC1. The van der Waals surface area contributed by atoms with E-state index in [4.69, 9.17) is 0 Å². The minimum absolute atomic E-state index is 0.0763. The van der Waals surface area contributed by atoms with E-state index in [1.54, 1.807) is 0 Å². The Bertz CT molecular complexity index is 205. The molecule has 2 aliphatic rings. The number of nitrogens with one attached hydrogen (secondary N) is 1. The van der Waals surface area contributed by atoms with Crippen LogP contribution in [0.3, 0.4) is 0 Å². The predicted molar refractivity (Wildman–Crippen MR) is 72.1 cm³/mol. The summed E-state index contributed by atoms with van der Waals surface area (Å²) in [6.07, 6.45) is 14.8. The van der Waals surface area contributed by atoms with Crippen molar-refractivity contribution < 1.29 is 5.11 Å². The van der Waals surface area contributed by atoms with Gasteiger partial charge >= 0.3 is 0 Å². The van der Waals surface area contributed by atoms with Crippen LogP contribution in [0.4, 0.5) is 0 Å². The third-order valence-corrected chi connectivity index (χ3v) is 4.89. The van der Waals surface area contributed by atoms with Gasteiger partial charge in [0.15, 0.2) is 0 Å². The molecule has 100 valence electrons. The summed E-state index contributed by atoms with van der Waals surface area (Å²) in [5.74, 6) is 0.954. The van der Waals surface area contributed by atoms with Gasteiger partial charge in [0.1, 0.15) is 0 Å². The topological polar surface area (TPSA) is 32.3 Å². The van der Waals surface area contributed by atoms with Gasteiger partial charge in [-0.1, -0.05) is 51.4 Å². The zero-order valence-electron chi connectivity index (χ0n) is 11.2. The van der Waals surface area contributed by atoms with Crippen LogP contribution >= 0.6 is 0 Å². The summed E-state index contributed by atoms with van der Waals surface area (Å²) in [5, 5.41) is 13.3. The van der Waals surface area contributed by atoms with Gasteiger partial charge in [-0.05, 0) is 31.7 Å². The van der Waals surface area contributed by atoms with Gasteiger partial charge in [-0.3, -0.25) is 0 Å². The molecule has 0 radical (unpaired) electrons. The molecule has 17 heavy (non-hydrogen) atoms. The maximum absolute atomic E-state index is 9.62. The fourth-order valence-corrected chi connectivity index (χ4v) is 3.64. The molecule has 0 spiro atoms. The van der Waals surface area contributed by atoms with E-state index < -0.39 is 0 Å². The molecule has 0 aromatic heterocycles. The van der Waals surface area contributed by atoms with Gasteiger partial charge in [0.2, 0.25) is 0 Å².